The van der Waals surface area contributed by atoms with Crippen molar-refractivity contribution in [2.75, 3.05) is 17.2 Å². The Bertz CT molecular complexity index is 639. The summed E-state index contributed by atoms with van der Waals surface area (Å²) in [7, 11) is 0. The van der Waals surface area contributed by atoms with Crippen LogP contribution in [-0.4, -0.2) is 16.5 Å². The Morgan fingerprint density at radius 1 is 1.08 bits per heavy atom. The third-order valence-corrected chi connectivity index (χ3v) is 2.73. The van der Waals surface area contributed by atoms with E-state index in [4.69, 9.17) is 5.26 Å². The zero-order valence-corrected chi connectivity index (χ0v) is 15.9. The molecule has 0 saturated heterocycles. The molecule has 0 amide bonds. The van der Waals surface area contributed by atoms with Gasteiger partial charge < -0.3 is 10.6 Å². The van der Waals surface area contributed by atoms with Gasteiger partial charge in [0, 0.05) is 12.2 Å². The molecule has 5 heteroatoms. The van der Waals surface area contributed by atoms with Gasteiger partial charge in [-0.1, -0.05) is 27.7 Å². The Morgan fingerprint density at radius 3 is 2.29 bits per heavy atom. The van der Waals surface area contributed by atoms with Crippen LogP contribution >= 0.6 is 0 Å². The topological polar surface area (TPSA) is 73.6 Å². The normalized spacial score (nSPS) is 8.75. The second-order valence-electron chi connectivity index (χ2n) is 4.56. The van der Waals surface area contributed by atoms with Crippen molar-refractivity contribution in [3.8, 4) is 6.07 Å². The van der Waals surface area contributed by atoms with Crippen LogP contribution in [0, 0.1) is 25.2 Å². The lowest BCUT2D eigenvalue weighted by Gasteiger charge is -2.11. The minimum absolute atomic E-state index is 0.354. The Hall–Kier alpha value is -2.61. The van der Waals surface area contributed by atoms with Crippen molar-refractivity contribution in [2.45, 2.75) is 48.5 Å². The Kier molecular flexibility index (Phi) is 10.6. The van der Waals surface area contributed by atoms with E-state index in [9.17, 15) is 0 Å². The second-order valence-corrected chi connectivity index (χ2v) is 4.56. The molecule has 24 heavy (non-hydrogen) atoms. The number of anilines is 3. The fourth-order valence-electron chi connectivity index (χ4n) is 1.99. The van der Waals surface area contributed by atoms with Gasteiger partial charge in [0.05, 0.1) is 17.6 Å². The lowest BCUT2D eigenvalue weighted by molar-refractivity contribution is 1.16. The van der Waals surface area contributed by atoms with Crippen molar-refractivity contribution in [3.05, 3.63) is 41.3 Å². The summed E-state index contributed by atoms with van der Waals surface area (Å²) in [4.78, 5) is 8.55. The number of nitriles is 1. The third-order valence-electron chi connectivity index (χ3n) is 2.73. The molecule has 0 saturated carbocycles. The van der Waals surface area contributed by atoms with Crippen LogP contribution in [0.2, 0.25) is 0 Å². The highest BCUT2D eigenvalue weighted by atomic mass is 15.0. The summed E-state index contributed by atoms with van der Waals surface area (Å²) in [6.07, 6.45) is 1.65. The summed E-state index contributed by atoms with van der Waals surface area (Å²) in [6, 6.07) is 7.90. The predicted molar refractivity (Wildman–Crippen MR) is 103 cm³/mol. The van der Waals surface area contributed by atoms with Gasteiger partial charge >= 0.3 is 0 Å². The first-order valence-corrected chi connectivity index (χ1v) is 8.48. The number of nitrogens with one attached hydrogen (secondary N) is 2. The highest BCUT2D eigenvalue weighted by Gasteiger charge is 2.07. The van der Waals surface area contributed by atoms with Gasteiger partial charge in [-0.3, -0.25) is 0 Å². The number of pyridine rings is 2. The quantitative estimate of drug-likeness (QED) is 0.808. The monoisotopic (exact) mass is 327 g/mol. The van der Waals surface area contributed by atoms with Crippen molar-refractivity contribution in [1.82, 2.24) is 9.97 Å². The van der Waals surface area contributed by atoms with Crippen LogP contribution in [0.1, 0.15) is 51.6 Å². The second kappa shape index (κ2) is 11.9. The SMILES string of the molecule is CC.CC.CCNc1cnc(C#N)c(Nc2cc(C)cc(C)n2)c1. The maximum absolute atomic E-state index is 9.13. The maximum Gasteiger partial charge on any atom is 0.164 e. The molecular formula is C19H29N5. The number of hydrogen-bond acceptors (Lipinski definition) is 5. The number of aromatic nitrogens is 2. The molecule has 0 radical (unpaired) electrons. The van der Waals surface area contributed by atoms with Crippen LogP contribution in [0.5, 0.6) is 0 Å². The molecule has 0 spiro atoms. The number of hydrogen-bond donors (Lipinski definition) is 2. The van der Waals surface area contributed by atoms with E-state index in [1.807, 2.05) is 66.7 Å². The Morgan fingerprint density at radius 2 is 1.75 bits per heavy atom. The summed E-state index contributed by atoms with van der Waals surface area (Å²) in [5, 5.41) is 15.5. The van der Waals surface area contributed by atoms with E-state index in [1.54, 1.807) is 6.20 Å². The Balaban J connectivity index is 0.00000123. The maximum atomic E-state index is 9.13. The molecule has 2 rings (SSSR count). The highest BCUT2D eigenvalue weighted by Crippen LogP contribution is 2.22. The Labute approximate surface area is 146 Å². The molecule has 0 atom stereocenters. The predicted octanol–water partition coefficient (Wildman–Crippen LogP) is 5.19. The van der Waals surface area contributed by atoms with Gasteiger partial charge in [-0.15, -0.1) is 0 Å². The first-order chi connectivity index (χ1) is 11.6. The third kappa shape index (κ3) is 6.66. The van der Waals surface area contributed by atoms with Crippen LogP contribution in [-0.2, 0) is 0 Å². The molecule has 0 aliphatic heterocycles. The van der Waals surface area contributed by atoms with Gasteiger partial charge in [0.25, 0.3) is 0 Å². The summed E-state index contributed by atoms with van der Waals surface area (Å²) in [5.74, 6) is 0.717. The molecule has 0 aromatic carbocycles. The summed E-state index contributed by atoms with van der Waals surface area (Å²) < 4.78 is 0. The van der Waals surface area contributed by atoms with E-state index >= 15 is 0 Å². The van der Waals surface area contributed by atoms with E-state index in [2.05, 4.69) is 26.7 Å². The van der Waals surface area contributed by atoms with Crippen LogP contribution in [0.25, 0.3) is 0 Å². The number of aryl methyl sites for hydroxylation is 2. The van der Waals surface area contributed by atoms with Crippen molar-refractivity contribution in [3.63, 3.8) is 0 Å². The van der Waals surface area contributed by atoms with Gasteiger partial charge in [0.2, 0.25) is 0 Å². The van der Waals surface area contributed by atoms with Crippen molar-refractivity contribution >= 4 is 17.2 Å². The molecule has 130 valence electrons. The lowest BCUT2D eigenvalue weighted by Crippen LogP contribution is -2.02. The molecule has 0 bridgehead atoms. The standard InChI is InChI=1S/C15H17N5.2C2H6/c1-4-17-12-7-13(14(8-16)18-9-12)20-15-6-10(2)5-11(3)19-15;2*1-2/h5-7,9,17H,4H2,1-3H3,(H,19,20);2*1-2H3. The van der Waals surface area contributed by atoms with E-state index in [0.29, 0.717) is 11.4 Å². The molecule has 2 N–H and O–H groups in total. The number of nitrogens with zero attached hydrogens (tertiary/aromatic N) is 3. The van der Waals surface area contributed by atoms with Crippen molar-refractivity contribution < 1.29 is 0 Å². The molecule has 2 aromatic rings. The zero-order valence-electron chi connectivity index (χ0n) is 15.9. The average molecular weight is 327 g/mol. The molecular weight excluding hydrogens is 298 g/mol. The van der Waals surface area contributed by atoms with E-state index in [1.165, 1.54) is 0 Å². The zero-order chi connectivity index (χ0) is 18.5. The summed E-state index contributed by atoms with van der Waals surface area (Å²) in [6.45, 7) is 14.8. The molecule has 0 aliphatic rings. The first kappa shape index (κ1) is 21.4. The van der Waals surface area contributed by atoms with Crippen LogP contribution in [0.3, 0.4) is 0 Å². The van der Waals surface area contributed by atoms with Gasteiger partial charge in [-0.2, -0.15) is 5.26 Å². The van der Waals surface area contributed by atoms with Crippen LogP contribution in [0.15, 0.2) is 24.4 Å². The van der Waals surface area contributed by atoms with Gasteiger partial charge in [0.1, 0.15) is 11.9 Å². The van der Waals surface area contributed by atoms with E-state index in [0.717, 1.165) is 29.3 Å². The molecule has 5 nitrogen and oxygen atoms in total. The van der Waals surface area contributed by atoms with Crippen molar-refractivity contribution in [1.29, 1.82) is 5.26 Å². The van der Waals surface area contributed by atoms with E-state index < -0.39 is 0 Å². The first-order valence-electron chi connectivity index (χ1n) is 8.48. The molecule has 0 fully saturated rings. The molecule has 0 aliphatic carbocycles. The lowest BCUT2D eigenvalue weighted by atomic mass is 10.2. The van der Waals surface area contributed by atoms with Gasteiger partial charge in [0.15, 0.2) is 5.69 Å². The summed E-state index contributed by atoms with van der Waals surface area (Å²) in [5.41, 5.74) is 3.94. The van der Waals surface area contributed by atoms with Crippen molar-refractivity contribution in [2.24, 2.45) is 0 Å². The van der Waals surface area contributed by atoms with Crippen LogP contribution < -0.4 is 10.6 Å². The number of rotatable bonds is 4. The molecule has 2 aromatic heterocycles. The van der Waals surface area contributed by atoms with Gasteiger partial charge in [-0.05, 0) is 44.5 Å². The molecule has 2 heterocycles. The highest BCUT2D eigenvalue weighted by molar-refractivity contribution is 5.67. The fourth-order valence-corrected chi connectivity index (χ4v) is 1.99. The largest absolute Gasteiger partial charge is 0.384 e. The molecule has 0 unspecified atom stereocenters. The minimum Gasteiger partial charge on any atom is -0.384 e. The van der Waals surface area contributed by atoms with Crippen LogP contribution in [0.4, 0.5) is 17.2 Å². The smallest absolute Gasteiger partial charge is 0.164 e. The van der Waals surface area contributed by atoms with E-state index in [-0.39, 0.29) is 0 Å². The minimum atomic E-state index is 0.354. The average Bonchev–Trinajstić information content (AvgIpc) is 2.58. The summed E-state index contributed by atoms with van der Waals surface area (Å²) >= 11 is 0. The van der Waals surface area contributed by atoms with Gasteiger partial charge in [-0.25, -0.2) is 9.97 Å². The fraction of sp³-hybridized carbons (Fsp3) is 0.421.